The minimum Gasteiger partial charge on any atom is -0.324 e. The number of likely N-dealkylation sites (tertiary alicyclic amines) is 1. The Morgan fingerprint density at radius 3 is 2.26 bits per heavy atom. The topological polar surface area (TPSA) is 78.5 Å². The van der Waals surface area contributed by atoms with E-state index in [1.54, 1.807) is 0 Å². The summed E-state index contributed by atoms with van der Waals surface area (Å²) in [5.74, 6) is -2.08. The highest BCUT2D eigenvalue weighted by atomic mass is 16.2. The van der Waals surface area contributed by atoms with Crippen LogP contribution < -0.4 is 10.6 Å². The van der Waals surface area contributed by atoms with Gasteiger partial charge in [0.05, 0.1) is 11.8 Å². The predicted octanol–water partition coefficient (Wildman–Crippen LogP) is 3.20. The molecule has 176 valence electrons. The van der Waals surface area contributed by atoms with Crippen molar-refractivity contribution in [3.63, 3.8) is 0 Å². The van der Waals surface area contributed by atoms with Crippen molar-refractivity contribution >= 4 is 23.4 Å². The Morgan fingerprint density at radius 1 is 0.857 bits per heavy atom. The molecule has 0 saturated carbocycles. The molecular weight excluding hydrogens is 438 g/mol. The van der Waals surface area contributed by atoms with Gasteiger partial charge in [0.1, 0.15) is 5.54 Å². The van der Waals surface area contributed by atoms with Crippen LogP contribution in [0.5, 0.6) is 0 Å². The molecule has 0 radical (unpaired) electrons. The maximum atomic E-state index is 13.9. The maximum absolute atomic E-state index is 13.9. The van der Waals surface area contributed by atoms with Gasteiger partial charge in [-0.2, -0.15) is 0 Å². The monoisotopic (exact) mass is 465 g/mol. The number of hydrogen-bond donors (Lipinski definition) is 2. The van der Waals surface area contributed by atoms with Crippen LogP contribution in [0.4, 0.5) is 5.69 Å². The Balaban J connectivity index is 1.41. The summed E-state index contributed by atoms with van der Waals surface area (Å²) in [6.07, 6.45) is 1.15. The summed E-state index contributed by atoms with van der Waals surface area (Å²) in [7, 11) is 0. The first-order chi connectivity index (χ1) is 17.0. The Morgan fingerprint density at radius 2 is 1.54 bits per heavy atom. The Labute approximate surface area is 204 Å². The van der Waals surface area contributed by atoms with Gasteiger partial charge in [0.2, 0.25) is 17.7 Å². The largest absolute Gasteiger partial charge is 0.324 e. The van der Waals surface area contributed by atoms with Crippen molar-refractivity contribution < 1.29 is 14.4 Å². The van der Waals surface area contributed by atoms with E-state index in [9.17, 15) is 14.4 Å². The fraction of sp³-hybridized carbons (Fsp3) is 0.276. The smallest absolute Gasteiger partial charge is 0.250 e. The number of rotatable bonds is 5. The van der Waals surface area contributed by atoms with Crippen LogP contribution in [0.15, 0.2) is 78.9 Å². The van der Waals surface area contributed by atoms with Crippen molar-refractivity contribution in [2.24, 2.45) is 11.8 Å². The van der Waals surface area contributed by atoms with Gasteiger partial charge in [0.25, 0.3) is 0 Å². The zero-order chi connectivity index (χ0) is 24.2. The first-order valence-corrected chi connectivity index (χ1v) is 12.1. The second-order valence-corrected chi connectivity index (χ2v) is 9.82. The molecule has 35 heavy (non-hydrogen) atoms. The molecule has 3 aliphatic rings. The van der Waals surface area contributed by atoms with E-state index in [1.165, 1.54) is 4.90 Å². The molecule has 0 aromatic heterocycles. The number of hydrogen-bond acceptors (Lipinski definition) is 4. The molecule has 6 nitrogen and oxygen atoms in total. The van der Waals surface area contributed by atoms with Crippen LogP contribution in [0.25, 0.3) is 0 Å². The number of fused-ring (bicyclic) bond motifs is 4. The molecule has 3 amide bonds. The molecule has 0 aliphatic carbocycles. The molecule has 6 rings (SSSR count). The molecule has 6 heteroatoms. The molecule has 2 saturated heterocycles. The lowest BCUT2D eigenvalue weighted by atomic mass is 9.76. The van der Waals surface area contributed by atoms with Crippen LogP contribution in [0.3, 0.4) is 0 Å². The summed E-state index contributed by atoms with van der Waals surface area (Å²) in [6.45, 7) is 2.28. The van der Waals surface area contributed by atoms with Crippen molar-refractivity contribution in [3.05, 3.63) is 101 Å². The van der Waals surface area contributed by atoms with Gasteiger partial charge < -0.3 is 5.32 Å². The Bertz CT molecular complexity index is 1320. The number of carbonyl (C=O) groups is 3. The number of benzene rings is 3. The van der Waals surface area contributed by atoms with Gasteiger partial charge in [-0.1, -0.05) is 78.4 Å². The highest BCUT2D eigenvalue weighted by Crippen LogP contribution is 2.53. The molecule has 1 spiro atoms. The quantitative estimate of drug-likeness (QED) is 0.568. The average molecular weight is 466 g/mol. The first kappa shape index (κ1) is 21.7. The zero-order valence-electron chi connectivity index (χ0n) is 19.5. The molecule has 4 atom stereocenters. The van der Waals surface area contributed by atoms with E-state index in [2.05, 4.69) is 10.6 Å². The van der Waals surface area contributed by atoms with E-state index < -0.39 is 17.4 Å². The summed E-state index contributed by atoms with van der Waals surface area (Å²) in [4.78, 5) is 42.7. The normalized spacial score (nSPS) is 26.8. The molecular formula is C29H27N3O3. The van der Waals surface area contributed by atoms with Crippen LogP contribution in [0, 0.1) is 18.8 Å². The number of imide groups is 1. The Hall–Kier alpha value is -3.77. The summed E-state index contributed by atoms with van der Waals surface area (Å²) < 4.78 is 0. The van der Waals surface area contributed by atoms with E-state index in [4.69, 9.17) is 0 Å². The second-order valence-electron chi connectivity index (χ2n) is 9.82. The summed E-state index contributed by atoms with van der Waals surface area (Å²) in [5, 5.41) is 6.50. The van der Waals surface area contributed by atoms with Gasteiger partial charge in [-0.05, 0) is 37.0 Å². The summed E-state index contributed by atoms with van der Waals surface area (Å²) in [5.41, 5.74) is 3.35. The van der Waals surface area contributed by atoms with E-state index in [0.29, 0.717) is 25.1 Å². The van der Waals surface area contributed by atoms with Gasteiger partial charge in [-0.3, -0.25) is 24.6 Å². The number of aryl methyl sites for hydroxylation is 1. The third-order valence-corrected chi connectivity index (χ3v) is 7.73. The maximum Gasteiger partial charge on any atom is 0.250 e. The number of nitrogens with zero attached hydrogens (tertiary/aromatic N) is 1. The zero-order valence-corrected chi connectivity index (χ0v) is 19.5. The van der Waals surface area contributed by atoms with Crippen molar-refractivity contribution in [2.75, 3.05) is 11.9 Å². The number of amides is 3. The molecule has 0 unspecified atom stereocenters. The average Bonchev–Trinajstić information content (AvgIpc) is 3.44. The van der Waals surface area contributed by atoms with Crippen molar-refractivity contribution in [2.45, 2.75) is 31.3 Å². The molecule has 0 bridgehead atoms. The number of nitrogens with one attached hydrogen (secondary N) is 2. The molecule has 3 aromatic carbocycles. The fourth-order valence-electron chi connectivity index (χ4n) is 6.12. The molecule has 3 heterocycles. The molecule has 2 fully saturated rings. The van der Waals surface area contributed by atoms with Gasteiger partial charge in [-0.15, -0.1) is 0 Å². The SMILES string of the molecule is Cc1ccc2c(c1)[C@]1(N[C@@H](Cc3ccccc3)[C@H]3C(=O)N(CCc4ccccc4)C(=O)[C@@H]31)C(=O)N2. The number of anilines is 1. The highest BCUT2D eigenvalue weighted by Gasteiger charge is 2.70. The van der Waals surface area contributed by atoms with Crippen molar-refractivity contribution in [1.82, 2.24) is 10.2 Å². The minimum atomic E-state index is -1.25. The van der Waals surface area contributed by atoms with Crippen LogP contribution in [-0.4, -0.2) is 35.2 Å². The Kier molecular flexibility index (Phi) is 5.07. The summed E-state index contributed by atoms with van der Waals surface area (Å²) >= 11 is 0. The van der Waals surface area contributed by atoms with Crippen molar-refractivity contribution in [3.8, 4) is 0 Å². The van der Waals surface area contributed by atoms with Gasteiger partial charge in [0, 0.05) is 23.8 Å². The highest BCUT2D eigenvalue weighted by molar-refractivity contribution is 6.15. The standard InChI is InChI=1S/C29H27N3O3/c1-18-12-13-22-21(16-18)29(28(35)30-22)25-24(23(31-29)17-20-10-6-3-7-11-20)26(33)32(27(25)34)15-14-19-8-4-2-5-9-19/h2-13,16,23-25,31H,14-15,17H2,1H3,(H,30,35)/t23-,24+,25+,29+/m0/s1. The lowest BCUT2D eigenvalue weighted by Crippen LogP contribution is -2.53. The molecule has 3 aliphatic heterocycles. The van der Waals surface area contributed by atoms with Crippen LogP contribution in [-0.2, 0) is 32.8 Å². The minimum absolute atomic E-state index is 0.185. The molecule has 3 aromatic rings. The third kappa shape index (κ3) is 3.32. The van der Waals surface area contributed by atoms with Crippen LogP contribution in [0.2, 0.25) is 0 Å². The third-order valence-electron chi connectivity index (χ3n) is 7.73. The van der Waals surface area contributed by atoms with Crippen LogP contribution >= 0.6 is 0 Å². The lowest BCUT2D eigenvalue weighted by molar-refractivity contribution is -0.142. The lowest BCUT2D eigenvalue weighted by Gasteiger charge is -2.29. The first-order valence-electron chi connectivity index (χ1n) is 12.1. The summed E-state index contributed by atoms with van der Waals surface area (Å²) in [6, 6.07) is 25.2. The van der Waals surface area contributed by atoms with E-state index in [-0.39, 0.29) is 23.8 Å². The van der Waals surface area contributed by atoms with E-state index >= 15 is 0 Å². The predicted molar refractivity (Wildman–Crippen MR) is 132 cm³/mol. The van der Waals surface area contributed by atoms with Gasteiger partial charge >= 0.3 is 0 Å². The fourth-order valence-corrected chi connectivity index (χ4v) is 6.12. The molecule has 2 N–H and O–H groups in total. The van der Waals surface area contributed by atoms with E-state index in [0.717, 1.165) is 22.3 Å². The second kappa shape index (κ2) is 8.17. The van der Waals surface area contributed by atoms with Crippen molar-refractivity contribution in [1.29, 1.82) is 0 Å². The van der Waals surface area contributed by atoms with Gasteiger partial charge in [0.15, 0.2) is 0 Å². The van der Waals surface area contributed by atoms with Gasteiger partial charge in [-0.25, -0.2) is 0 Å². The van der Waals surface area contributed by atoms with Crippen LogP contribution in [0.1, 0.15) is 22.3 Å². The van der Waals surface area contributed by atoms with E-state index in [1.807, 2.05) is 85.8 Å². The number of carbonyl (C=O) groups excluding carboxylic acids is 3.